The van der Waals surface area contributed by atoms with E-state index in [2.05, 4.69) is 27.0 Å². The number of aromatic nitrogens is 4. The van der Waals surface area contributed by atoms with Crippen molar-refractivity contribution in [2.75, 3.05) is 11.1 Å². The van der Waals surface area contributed by atoms with E-state index in [1.165, 1.54) is 18.2 Å². The summed E-state index contributed by atoms with van der Waals surface area (Å²) < 4.78 is 40.7. The Balaban J connectivity index is 1.74. The zero-order valence-electron chi connectivity index (χ0n) is 15.7. The minimum absolute atomic E-state index is 0.138. The van der Waals surface area contributed by atoms with Crippen molar-refractivity contribution in [3.63, 3.8) is 0 Å². The van der Waals surface area contributed by atoms with E-state index in [-0.39, 0.29) is 11.4 Å². The van der Waals surface area contributed by atoms with Crippen LogP contribution < -0.4 is 5.32 Å². The molecule has 0 atom stereocenters. The maximum Gasteiger partial charge on any atom is 0.418 e. The molecule has 29 heavy (non-hydrogen) atoms. The number of para-hydroxylation sites is 1. The van der Waals surface area contributed by atoms with E-state index in [1.54, 1.807) is 10.6 Å². The van der Waals surface area contributed by atoms with Crippen molar-refractivity contribution in [1.29, 1.82) is 0 Å². The molecule has 0 saturated carbocycles. The maximum atomic E-state index is 13.0. The average Bonchev–Trinajstić information content (AvgIpc) is 3.06. The molecule has 0 radical (unpaired) electrons. The summed E-state index contributed by atoms with van der Waals surface area (Å²) in [6.07, 6.45) is -2.13. The summed E-state index contributed by atoms with van der Waals surface area (Å²) in [7, 11) is 0. The van der Waals surface area contributed by atoms with Crippen LogP contribution in [0.4, 0.5) is 18.9 Å². The van der Waals surface area contributed by atoms with Gasteiger partial charge in [0.05, 0.1) is 17.0 Å². The Kier molecular flexibility index (Phi) is 5.92. The smallest absolute Gasteiger partial charge is 0.325 e. The molecule has 3 aromatic rings. The minimum Gasteiger partial charge on any atom is -0.325 e. The fourth-order valence-electron chi connectivity index (χ4n) is 2.85. The number of thioether (sulfide) groups is 1. The van der Waals surface area contributed by atoms with E-state index in [0.29, 0.717) is 17.4 Å². The molecule has 6 nitrogen and oxygen atoms in total. The number of aryl methyl sites for hydroxylation is 2. The van der Waals surface area contributed by atoms with Crippen LogP contribution in [0.3, 0.4) is 0 Å². The average molecular weight is 421 g/mol. The first-order valence-corrected chi connectivity index (χ1v) is 9.62. The largest absolute Gasteiger partial charge is 0.418 e. The lowest BCUT2D eigenvalue weighted by Gasteiger charge is -2.13. The van der Waals surface area contributed by atoms with Gasteiger partial charge in [-0.05, 0) is 38.0 Å². The molecule has 0 aliphatic rings. The van der Waals surface area contributed by atoms with Gasteiger partial charge in [-0.3, -0.25) is 4.79 Å². The van der Waals surface area contributed by atoms with Gasteiger partial charge in [-0.1, -0.05) is 30.0 Å². The van der Waals surface area contributed by atoms with Crippen molar-refractivity contribution >= 4 is 29.1 Å². The maximum absolute atomic E-state index is 13.0. The molecule has 2 heterocycles. The van der Waals surface area contributed by atoms with Gasteiger partial charge in [0.1, 0.15) is 0 Å². The van der Waals surface area contributed by atoms with Crippen LogP contribution >= 0.6 is 11.8 Å². The Morgan fingerprint density at radius 3 is 2.69 bits per heavy atom. The van der Waals surface area contributed by atoms with E-state index < -0.39 is 17.6 Å². The number of hydrogen-bond donors (Lipinski definition) is 1. The first-order valence-electron chi connectivity index (χ1n) is 8.63. The molecule has 0 spiro atoms. The highest BCUT2D eigenvalue weighted by atomic mass is 32.2. The highest BCUT2D eigenvalue weighted by Crippen LogP contribution is 2.34. The van der Waals surface area contributed by atoms with E-state index in [9.17, 15) is 18.0 Å². The van der Waals surface area contributed by atoms with Crippen molar-refractivity contribution in [2.24, 2.45) is 0 Å². The highest BCUT2D eigenvalue weighted by molar-refractivity contribution is 7.99. The summed E-state index contributed by atoms with van der Waals surface area (Å²) in [5.41, 5.74) is 1.51. The number of allylic oxidation sites excluding steroid dienone is 1. The molecule has 10 heteroatoms. The quantitative estimate of drug-likeness (QED) is 0.477. The molecule has 0 aliphatic carbocycles. The third kappa shape index (κ3) is 4.58. The number of carbonyl (C=O) groups is 1. The molecule has 2 aromatic heterocycles. The summed E-state index contributed by atoms with van der Waals surface area (Å²) in [5, 5.41) is 6.96. The van der Waals surface area contributed by atoms with Gasteiger partial charge in [-0.2, -0.15) is 18.2 Å². The van der Waals surface area contributed by atoms with Gasteiger partial charge >= 0.3 is 6.18 Å². The number of halogens is 3. The lowest BCUT2D eigenvalue weighted by atomic mass is 10.1. The van der Waals surface area contributed by atoms with Crippen LogP contribution in [0.1, 0.15) is 22.5 Å². The van der Waals surface area contributed by atoms with Crippen LogP contribution in [-0.4, -0.2) is 31.2 Å². The first-order chi connectivity index (χ1) is 13.7. The molecular weight excluding hydrogens is 403 g/mol. The fraction of sp³-hybridized carbons (Fsp3) is 0.263. The second kappa shape index (κ2) is 8.24. The predicted octanol–water partition coefficient (Wildman–Crippen LogP) is 4.22. The summed E-state index contributed by atoms with van der Waals surface area (Å²) in [4.78, 5) is 20.9. The molecule has 3 rings (SSSR count). The van der Waals surface area contributed by atoms with E-state index in [4.69, 9.17) is 0 Å². The van der Waals surface area contributed by atoms with Gasteiger partial charge in [-0.15, -0.1) is 11.7 Å². The minimum atomic E-state index is -4.55. The fourth-order valence-corrected chi connectivity index (χ4v) is 3.46. The molecule has 152 valence electrons. The second-order valence-electron chi connectivity index (χ2n) is 6.24. The molecule has 1 aromatic carbocycles. The predicted molar refractivity (Wildman–Crippen MR) is 105 cm³/mol. The SMILES string of the molecule is C=CCc1c(C)nc2nc(SCC(=O)Nc3ccccc3C(F)(F)F)nn2c1C. The van der Waals surface area contributed by atoms with E-state index in [1.807, 2.05) is 13.8 Å². The van der Waals surface area contributed by atoms with Crippen molar-refractivity contribution in [2.45, 2.75) is 31.6 Å². The summed E-state index contributed by atoms with van der Waals surface area (Å²) >= 11 is 1.02. The number of amides is 1. The number of rotatable bonds is 6. The van der Waals surface area contributed by atoms with Crippen molar-refractivity contribution < 1.29 is 18.0 Å². The normalized spacial score (nSPS) is 11.6. The van der Waals surface area contributed by atoms with Gasteiger partial charge in [-0.25, -0.2) is 9.50 Å². The van der Waals surface area contributed by atoms with E-state index >= 15 is 0 Å². The summed E-state index contributed by atoms with van der Waals surface area (Å²) in [6, 6.07) is 4.83. The monoisotopic (exact) mass is 421 g/mol. The Hall–Kier alpha value is -2.88. The van der Waals surface area contributed by atoms with Crippen LogP contribution in [0, 0.1) is 13.8 Å². The number of alkyl halides is 3. The van der Waals surface area contributed by atoms with Crippen molar-refractivity contribution in [3.05, 3.63) is 59.4 Å². The number of nitrogens with zero attached hydrogens (tertiary/aromatic N) is 4. The summed E-state index contributed by atoms with van der Waals surface area (Å²) in [5.74, 6) is -0.322. The first kappa shape index (κ1) is 20.8. The number of benzene rings is 1. The van der Waals surface area contributed by atoms with Gasteiger partial charge in [0, 0.05) is 11.4 Å². The number of carbonyl (C=O) groups excluding carboxylic acids is 1. The topological polar surface area (TPSA) is 72.2 Å². The third-order valence-corrected chi connectivity index (χ3v) is 5.05. The van der Waals surface area contributed by atoms with Crippen molar-refractivity contribution in [3.8, 4) is 0 Å². The van der Waals surface area contributed by atoms with Crippen LogP contribution in [0.2, 0.25) is 0 Å². The second-order valence-corrected chi connectivity index (χ2v) is 7.18. The zero-order valence-corrected chi connectivity index (χ0v) is 16.6. The molecule has 0 saturated heterocycles. The standard InChI is InChI=1S/C19H18F3N5OS/c1-4-7-13-11(2)23-17-25-18(26-27(17)12(13)3)29-10-16(28)24-15-9-6-5-8-14(15)19(20,21)22/h4-6,8-9H,1,7,10H2,2-3H3,(H,24,28). The zero-order chi connectivity index (χ0) is 21.2. The molecule has 0 aliphatic heterocycles. The van der Waals surface area contributed by atoms with Crippen LogP contribution in [-0.2, 0) is 17.4 Å². The molecule has 0 unspecified atom stereocenters. The lowest BCUT2D eigenvalue weighted by Crippen LogP contribution is -2.18. The molecule has 0 fully saturated rings. The Morgan fingerprint density at radius 1 is 1.28 bits per heavy atom. The third-order valence-electron chi connectivity index (χ3n) is 4.22. The van der Waals surface area contributed by atoms with Crippen molar-refractivity contribution in [1.82, 2.24) is 19.6 Å². The van der Waals surface area contributed by atoms with Gasteiger partial charge in [0.2, 0.25) is 11.1 Å². The number of nitrogens with one attached hydrogen (secondary N) is 1. The number of anilines is 1. The molecule has 1 amide bonds. The highest BCUT2D eigenvalue weighted by Gasteiger charge is 2.33. The lowest BCUT2D eigenvalue weighted by molar-refractivity contribution is -0.137. The van der Waals surface area contributed by atoms with Gasteiger partial charge in [0.15, 0.2) is 0 Å². The number of hydrogen-bond acceptors (Lipinski definition) is 5. The number of fused-ring (bicyclic) bond motifs is 1. The van der Waals surface area contributed by atoms with Crippen LogP contribution in [0.5, 0.6) is 0 Å². The molecular formula is C19H18F3N5OS. The van der Waals surface area contributed by atoms with Crippen LogP contribution in [0.15, 0.2) is 42.1 Å². The Bertz CT molecular complexity index is 1080. The molecule has 1 N–H and O–H groups in total. The molecule has 0 bridgehead atoms. The Labute approximate surface area is 169 Å². The summed E-state index contributed by atoms with van der Waals surface area (Å²) in [6.45, 7) is 7.50. The Morgan fingerprint density at radius 2 is 2.00 bits per heavy atom. The van der Waals surface area contributed by atoms with Gasteiger partial charge < -0.3 is 5.32 Å². The van der Waals surface area contributed by atoms with Gasteiger partial charge in [0.25, 0.3) is 5.78 Å². The van der Waals surface area contributed by atoms with Crippen LogP contribution in [0.25, 0.3) is 5.78 Å². The van der Waals surface area contributed by atoms with E-state index in [0.717, 1.165) is 34.8 Å².